The second-order valence-corrected chi connectivity index (χ2v) is 8.04. The van der Waals surface area contributed by atoms with Gasteiger partial charge in [-0.3, -0.25) is 4.79 Å². The van der Waals surface area contributed by atoms with Crippen LogP contribution in [0.1, 0.15) is 67.1 Å². The van der Waals surface area contributed by atoms with E-state index >= 15 is 0 Å². The second-order valence-electron chi connectivity index (χ2n) is 8.04. The van der Waals surface area contributed by atoms with Crippen molar-refractivity contribution in [3.63, 3.8) is 0 Å². The number of benzene rings is 1. The van der Waals surface area contributed by atoms with Gasteiger partial charge in [0.1, 0.15) is 0 Å². The van der Waals surface area contributed by atoms with Crippen LogP contribution in [0.4, 0.5) is 0 Å². The molecule has 2 aliphatic rings. The van der Waals surface area contributed by atoms with Crippen molar-refractivity contribution >= 4 is 16.8 Å². The number of hydrogen-bond acceptors (Lipinski definition) is 2. The van der Waals surface area contributed by atoms with E-state index in [2.05, 4.69) is 34.3 Å². The van der Waals surface area contributed by atoms with Gasteiger partial charge in [0, 0.05) is 41.3 Å². The monoisotopic (exact) mass is 353 g/mol. The van der Waals surface area contributed by atoms with Gasteiger partial charge in [-0.15, -0.1) is 0 Å². The third-order valence-electron chi connectivity index (χ3n) is 6.21. The number of fused-ring (bicyclic) bond motifs is 3. The highest BCUT2D eigenvalue weighted by molar-refractivity contribution is 5.99. The maximum Gasteiger partial charge on any atom is 0.251 e. The average Bonchev–Trinajstić information content (AvgIpc) is 3.04. The number of rotatable bonds is 5. The largest absolute Gasteiger partial charge is 0.358 e. The van der Waals surface area contributed by atoms with Crippen LogP contribution in [0.5, 0.6) is 0 Å². The number of H-pyrrole nitrogens is 1. The maximum atomic E-state index is 12.6. The zero-order valence-corrected chi connectivity index (χ0v) is 15.9. The molecular weight excluding hydrogens is 322 g/mol. The SMILES string of the molecule is C[C@@H]1CCCCN1CCCNC(=O)c1ccc2[nH]c3c(c2c1)CCCC3. The van der Waals surface area contributed by atoms with E-state index < -0.39 is 0 Å². The van der Waals surface area contributed by atoms with Crippen LogP contribution in [0.3, 0.4) is 0 Å². The fraction of sp³-hybridized carbons (Fsp3) is 0.591. The smallest absolute Gasteiger partial charge is 0.251 e. The molecule has 2 heterocycles. The Balaban J connectivity index is 1.34. The van der Waals surface area contributed by atoms with Crippen molar-refractivity contribution in [2.45, 2.75) is 64.3 Å². The number of piperidine rings is 1. The first-order valence-corrected chi connectivity index (χ1v) is 10.4. The molecule has 4 rings (SSSR count). The van der Waals surface area contributed by atoms with E-state index in [1.807, 2.05) is 6.07 Å². The van der Waals surface area contributed by atoms with E-state index in [9.17, 15) is 4.79 Å². The minimum absolute atomic E-state index is 0.0596. The summed E-state index contributed by atoms with van der Waals surface area (Å²) in [7, 11) is 0. The number of likely N-dealkylation sites (tertiary alicyclic amines) is 1. The van der Waals surface area contributed by atoms with Gasteiger partial charge in [-0.05, 0) is 82.2 Å². The van der Waals surface area contributed by atoms with E-state index in [-0.39, 0.29) is 5.91 Å². The number of aromatic amines is 1. The van der Waals surface area contributed by atoms with Gasteiger partial charge in [0.05, 0.1) is 0 Å². The molecule has 1 saturated heterocycles. The fourth-order valence-electron chi connectivity index (χ4n) is 4.62. The van der Waals surface area contributed by atoms with Gasteiger partial charge < -0.3 is 15.2 Å². The van der Waals surface area contributed by atoms with Gasteiger partial charge in [0.15, 0.2) is 0 Å². The summed E-state index contributed by atoms with van der Waals surface area (Å²) in [4.78, 5) is 18.7. The van der Waals surface area contributed by atoms with Crippen molar-refractivity contribution in [2.75, 3.05) is 19.6 Å². The molecule has 2 aromatic rings. The van der Waals surface area contributed by atoms with E-state index in [1.165, 1.54) is 60.8 Å². The zero-order valence-electron chi connectivity index (χ0n) is 15.9. The summed E-state index contributed by atoms with van der Waals surface area (Å²) in [6.45, 7) is 5.38. The van der Waals surface area contributed by atoms with Crippen LogP contribution in [-0.2, 0) is 12.8 Å². The summed E-state index contributed by atoms with van der Waals surface area (Å²) in [5.41, 5.74) is 4.77. The topological polar surface area (TPSA) is 48.1 Å². The standard InChI is InChI=1S/C22H31N3O/c1-16-7-4-5-13-25(16)14-6-12-23-22(26)17-10-11-21-19(15-17)18-8-2-3-9-20(18)24-21/h10-11,15-16,24H,2-9,12-14H2,1H3,(H,23,26)/t16-/m1/s1. The van der Waals surface area contributed by atoms with Crippen molar-refractivity contribution < 1.29 is 4.79 Å². The molecule has 1 aromatic carbocycles. The lowest BCUT2D eigenvalue weighted by Crippen LogP contribution is -2.39. The Bertz CT molecular complexity index is 779. The summed E-state index contributed by atoms with van der Waals surface area (Å²) in [5.74, 6) is 0.0596. The molecule has 140 valence electrons. The van der Waals surface area contributed by atoms with Crippen LogP contribution in [0, 0.1) is 0 Å². The first-order valence-electron chi connectivity index (χ1n) is 10.4. The molecule has 1 amide bonds. The van der Waals surface area contributed by atoms with Crippen LogP contribution < -0.4 is 5.32 Å². The maximum absolute atomic E-state index is 12.6. The van der Waals surface area contributed by atoms with Gasteiger partial charge in [-0.2, -0.15) is 0 Å². The lowest BCUT2D eigenvalue weighted by Gasteiger charge is -2.33. The predicted octanol–water partition coefficient (Wildman–Crippen LogP) is 4.04. The van der Waals surface area contributed by atoms with Crippen LogP contribution in [0.15, 0.2) is 18.2 Å². The Hall–Kier alpha value is -1.81. The minimum atomic E-state index is 0.0596. The van der Waals surface area contributed by atoms with Crippen molar-refractivity contribution in [2.24, 2.45) is 0 Å². The number of amides is 1. The molecule has 0 radical (unpaired) electrons. The highest BCUT2D eigenvalue weighted by Gasteiger charge is 2.18. The highest BCUT2D eigenvalue weighted by atomic mass is 16.1. The molecule has 1 aromatic heterocycles. The van der Waals surface area contributed by atoms with Gasteiger partial charge in [-0.1, -0.05) is 6.42 Å². The lowest BCUT2D eigenvalue weighted by atomic mass is 9.95. The molecule has 0 saturated carbocycles. The number of nitrogens with zero attached hydrogens (tertiary/aromatic N) is 1. The molecule has 1 aliphatic heterocycles. The second kappa shape index (κ2) is 7.83. The van der Waals surface area contributed by atoms with Crippen LogP contribution >= 0.6 is 0 Å². The molecular formula is C22H31N3O. The normalized spacial score (nSPS) is 20.9. The molecule has 26 heavy (non-hydrogen) atoms. The van der Waals surface area contributed by atoms with Gasteiger partial charge in [0.25, 0.3) is 5.91 Å². The van der Waals surface area contributed by atoms with E-state index in [4.69, 9.17) is 0 Å². The molecule has 2 N–H and O–H groups in total. The number of nitrogens with one attached hydrogen (secondary N) is 2. The zero-order chi connectivity index (χ0) is 17.9. The van der Waals surface area contributed by atoms with Gasteiger partial charge >= 0.3 is 0 Å². The number of aromatic nitrogens is 1. The molecule has 0 unspecified atom stereocenters. The Morgan fingerprint density at radius 1 is 1.23 bits per heavy atom. The number of carbonyl (C=O) groups excluding carboxylic acids is 1. The summed E-state index contributed by atoms with van der Waals surface area (Å²) in [5, 5.41) is 4.36. The minimum Gasteiger partial charge on any atom is -0.358 e. The van der Waals surface area contributed by atoms with Gasteiger partial charge in [-0.25, -0.2) is 0 Å². The first kappa shape index (κ1) is 17.6. The molecule has 0 spiro atoms. The lowest BCUT2D eigenvalue weighted by molar-refractivity contribution is 0.0949. The highest BCUT2D eigenvalue weighted by Crippen LogP contribution is 2.29. The van der Waals surface area contributed by atoms with Gasteiger partial charge in [0.2, 0.25) is 0 Å². The molecule has 1 fully saturated rings. The summed E-state index contributed by atoms with van der Waals surface area (Å²) < 4.78 is 0. The Labute approximate surface area is 156 Å². The Morgan fingerprint density at radius 3 is 3.00 bits per heavy atom. The Morgan fingerprint density at radius 2 is 2.12 bits per heavy atom. The molecule has 4 nitrogen and oxygen atoms in total. The van der Waals surface area contributed by atoms with E-state index in [0.29, 0.717) is 6.04 Å². The third kappa shape index (κ3) is 3.66. The molecule has 0 bridgehead atoms. The van der Waals surface area contributed by atoms with Crippen molar-refractivity contribution in [1.82, 2.24) is 15.2 Å². The third-order valence-corrected chi connectivity index (χ3v) is 6.21. The summed E-state index contributed by atoms with van der Waals surface area (Å²) >= 11 is 0. The van der Waals surface area contributed by atoms with Crippen LogP contribution in [0.2, 0.25) is 0 Å². The number of hydrogen-bond donors (Lipinski definition) is 2. The number of aryl methyl sites for hydroxylation is 2. The van der Waals surface area contributed by atoms with E-state index in [1.54, 1.807) is 0 Å². The van der Waals surface area contributed by atoms with Crippen LogP contribution in [0.25, 0.3) is 10.9 Å². The Kier molecular flexibility index (Phi) is 5.30. The molecule has 1 atom stereocenters. The van der Waals surface area contributed by atoms with E-state index in [0.717, 1.165) is 37.9 Å². The van der Waals surface area contributed by atoms with Crippen LogP contribution in [-0.4, -0.2) is 41.5 Å². The molecule has 1 aliphatic carbocycles. The van der Waals surface area contributed by atoms with Crippen molar-refractivity contribution in [3.05, 3.63) is 35.0 Å². The number of carbonyl (C=O) groups is 1. The van der Waals surface area contributed by atoms with Crippen molar-refractivity contribution in [1.29, 1.82) is 0 Å². The quantitative estimate of drug-likeness (QED) is 0.797. The predicted molar refractivity (Wildman–Crippen MR) is 107 cm³/mol. The molecule has 4 heteroatoms. The fourth-order valence-corrected chi connectivity index (χ4v) is 4.62. The van der Waals surface area contributed by atoms with Crippen molar-refractivity contribution in [3.8, 4) is 0 Å². The first-order chi connectivity index (χ1) is 12.7. The summed E-state index contributed by atoms with van der Waals surface area (Å²) in [6, 6.07) is 6.80. The average molecular weight is 354 g/mol. The summed E-state index contributed by atoms with van der Waals surface area (Å²) in [6.07, 6.45) is 9.81.